The van der Waals surface area contributed by atoms with Crippen molar-refractivity contribution in [1.29, 1.82) is 0 Å². The lowest BCUT2D eigenvalue weighted by Gasteiger charge is -2.07. The SMILES string of the molecule is O=C(COC(=O)c1ccc(Cl)c(Cl)c1)Nc1ccc(Cl)cc1. The van der Waals surface area contributed by atoms with Crippen LogP contribution in [0.2, 0.25) is 15.1 Å². The predicted molar refractivity (Wildman–Crippen MR) is 86.8 cm³/mol. The Labute approximate surface area is 141 Å². The third kappa shape index (κ3) is 4.63. The third-order valence-corrected chi connectivity index (χ3v) is 3.61. The van der Waals surface area contributed by atoms with Crippen LogP contribution in [0.15, 0.2) is 42.5 Å². The van der Waals surface area contributed by atoms with Gasteiger partial charge in [0.05, 0.1) is 15.6 Å². The molecule has 2 rings (SSSR count). The Morgan fingerprint density at radius 2 is 1.64 bits per heavy atom. The minimum absolute atomic E-state index is 0.216. The van der Waals surface area contributed by atoms with Gasteiger partial charge in [-0.2, -0.15) is 0 Å². The molecule has 0 saturated carbocycles. The largest absolute Gasteiger partial charge is 0.452 e. The van der Waals surface area contributed by atoms with Crippen molar-refractivity contribution in [3.05, 3.63) is 63.1 Å². The molecule has 4 nitrogen and oxygen atoms in total. The highest BCUT2D eigenvalue weighted by molar-refractivity contribution is 6.42. The zero-order chi connectivity index (χ0) is 16.1. The monoisotopic (exact) mass is 357 g/mol. The van der Waals surface area contributed by atoms with Crippen LogP contribution in [0.3, 0.4) is 0 Å². The van der Waals surface area contributed by atoms with Gasteiger partial charge < -0.3 is 10.1 Å². The fourth-order valence-electron chi connectivity index (χ4n) is 1.57. The number of esters is 1. The summed E-state index contributed by atoms with van der Waals surface area (Å²) in [5.74, 6) is -1.12. The summed E-state index contributed by atoms with van der Waals surface area (Å²) in [5, 5.41) is 3.70. The molecule has 0 radical (unpaired) electrons. The molecule has 0 unspecified atom stereocenters. The van der Waals surface area contributed by atoms with E-state index in [9.17, 15) is 9.59 Å². The molecule has 0 spiro atoms. The van der Waals surface area contributed by atoms with E-state index in [4.69, 9.17) is 39.5 Å². The van der Waals surface area contributed by atoms with Crippen LogP contribution in [0.5, 0.6) is 0 Å². The molecule has 0 aromatic heterocycles. The molecule has 114 valence electrons. The molecule has 7 heteroatoms. The first-order valence-electron chi connectivity index (χ1n) is 6.13. The highest BCUT2D eigenvalue weighted by Crippen LogP contribution is 2.22. The fourth-order valence-corrected chi connectivity index (χ4v) is 1.99. The van der Waals surface area contributed by atoms with E-state index in [1.807, 2.05) is 0 Å². The number of amides is 1. The Bertz CT molecular complexity index is 702. The number of carbonyl (C=O) groups excluding carboxylic acids is 2. The molecule has 0 aliphatic carbocycles. The Hall–Kier alpha value is -1.75. The zero-order valence-corrected chi connectivity index (χ0v) is 13.4. The maximum Gasteiger partial charge on any atom is 0.338 e. The maximum absolute atomic E-state index is 11.8. The van der Waals surface area contributed by atoms with E-state index in [-0.39, 0.29) is 10.6 Å². The standard InChI is InChI=1S/C15H10Cl3NO3/c16-10-2-4-11(5-3-10)19-14(20)8-22-15(21)9-1-6-12(17)13(18)7-9/h1-7H,8H2,(H,19,20). The molecule has 0 atom stereocenters. The minimum Gasteiger partial charge on any atom is -0.452 e. The summed E-state index contributed by atoms with van der Waals surface area (Å²) < 4.78 is 4.90. The molecule has 2 aromatic rings. The molecule has 22 heavy (non-hydrogen) atoms. The number of benzene rings is 2. The van der Waals surface area contributed by atoms with Crippen molar-refractivity contribution in [2.24, 2.45) is 0 Å². The van der Waals surface area contributed by atoms with E-state index < -0.39 is 18.5 Å². The zero-order valence-electron chi connectivity index (χ0n) is 11.1. The van der Waals surface area contributed by atoms with E-state index >= 15 is 0 Å². The number of carbonyl (C=O) groups is 2. The van der Waals surface area contributed by atoms with Crippen LogP contribution in [-0.4, -0.2) is 18.5 Å². The molecule has 0 saturated heterocycles. The summed E-state index contributed by atoms with van der Waals surface area (Å²) in [4.78, 5) is 23.5. The molecule has 0 aliphatic rings. The quantitative estimate of drug-likeness (QED) is 0.822. The second kappa shape index (κ2) is 7.49. The molecular weight excluding hydrogens is 349 g/mol. The van der Waals surface area contributed by atoms with E-state index in [2.05, 4.69) is 5.32 Å². The predicted octanol–water partition coefficient (Wildman–Crippen LogP) is 4.44. The lowest BCUT2D eigenvalue weighted by atomic mass is 10.2. The van der Waals surface area contributed by atoms with E-state index in [0.717, 1.165) is 0 Å². The van der Waals surface area contributed by atoms with Gasteiger partial charge in [-0.1, -0.05) is 34.8 Å². The fraction of sp³-hybridized carbons (Fsp3) is 0.0667. The smallest absolute Gasteiger partial charge is 0.338 e. The van der Waals surface area contributed by atoms with Crippen LogP contribution in [0.25, 0.3) is 0 Å². The van der Waals surface area contributed by atoms with Gasteiger partial charge in [-0.25, -0.2) is 4.79 Å². The summed E-state index contributed by atoms with van der Waals surface area (Å²) >= 11 is 17.3. The van der Waals surface area contributed by atoms with E-state index in [1.165, 1.54) is 18.2 Å². The van der Waals surface area contributed by atoms with Gasteiger partial charge in [0.1, 0.15) is 0 Å². The molecule has 1 amide bonds. The van der Waals surface area contributed by atoms with Crippen molar-refractivity contribution < 1.29 is 14.3 Å². The highest BCUT2D eigenvalue weighted by atomic mass is 35.5. The van der Waals surface area contributed by atoms with Crippen LogP contribution in [-0.2, 0) is 9.53 Å². The molecule has 0 heterocycles. The van der Waals surface area contributed by atoms with Crippen LogP contribution in [0.4, 0.5) is 5.69 Å². The molecule has 2 aromatic carbocycles. The summed E-state index contributed by atoms with van der Waals surface area (Å²) in [7, 11) is 0. The van der Waals surface area contributed by atoms with Crippen molar-refractivity contribution in [3.63, 3.8) is 0 Å². The maximum atomic E-state index is 11.8. The normalized spacial score (nSPS) is 10.1. The van der Waals surface area contributed by atoms with Gasteiger partial charge in [0.2, 0.25) is 0 Å². The second-order valence-corrected chi connectivity index (χ2v) is 5.51. The molecular formula is C15H10Cl3NO3. The first kappa shape index (κ1) is 16.6. The van der Waals surface area contributed by atoms with Crippen molar-refractivity contribution >= 4 is 52.4 Å². The molecule has 0 fully saturated rings. The van der Waals surface area contributed by atoms with Gasteiger partial charge in [0.25, 0.3) is 5.91 Å². The minimum atomic E-state index is -0.662. The van der Waals surface area contributed by atoms with Crippen molar-refractivity contribution in [2.75, 3.05) is 11.9 Å². The van der Waals surface area contributed by atoms with Gasteiger partial charge in [0.15, 0.2) is 6.61 Å². The number of anilines is 1. The Kier molecular flexibility index (Phi) is 5.66. The van der Waals surface area contributed by atoms with Gasteiger partial charge in [-0.15, -0.1) is 0 Å². The lowest BCUT2D eigenvalue weighted by molar-refractivity contribution is -0.119. The van der Waals surface area contributed by atoms with Crippen LogP contribution < -0.4 is 5.32 Å². The second-order valence-electron chi connectivity index (χ2n) is 4.26. The van der Waals surface area contributed by atoms with Crippen molar-refractivity contribution in [2.45, 2.75) is 0 Å². The molecule has 0 aliphatic heterocycles. The summed E-state index contributed by atoms with van der Waals surface area (Å²) in [5.41, 5.74) is 0.772. The summed E-state index contributed by atoms with van der Waals surface area (Å²) in [6.07, 6.45) is 0. The van der Waals surface area contributed by atoms with Gasteiger partial charge in [-0.05, 0) is 42.5 Å². The molecule has 0 bridgehead atoms. The number of halogens is 3. The van der Waals surface area contributed by atoms with Crippen molar-refractivity contribution in [1.82, 2.24) is 0 Å². The Balaban J connectivity index is 1.88. The van der Waals surface area contributed by atoms with Crippen LogP contribution >= 0.6 is 34.8 Å². The summed E-state index contributed by atoms with van der Waals surface area (Å²) in [6, 6.07) is 10.9. The Morgan fingerprint density at radius 3 is 2.27 bits per heavy atom. The van der Waals surface area contributed by atoms with Gasteiger partial charge in [0, 0.05) is 10.7 Å². The first-order valence-corrected chi connectivity index (χ1v) is 7.26. The molecule has 1 N–H and O–H groups in total. The summed E-state index contributed by atoms with van der Waals surface area (Å²) in [6.45, 7) is -0.415. The van der Waals surface area contributed by atoms with Gasteiger partial charge in [-0.3, -0.25) is 4.79 Å². The lowest BCUT2D eigenvalue weighted by Crippen LogP contribution is -2.20. The number of hydrogen-bond acceptors (Lipinski definition) is 3. The third-order valence-electron chi connectivity index (χ3n) is 2.62. The average Bonchev–Trinajstić information content (AvgIpc) is 2.50. The topological polar surface area (TPSA) is 55.4 Å². The number of hydrogen-bond donors (Lipinski definition) is 1. The highest BCUT2D eigenvalue weighted by Gasteiger charge is 2.12. The van der Waals surface area contributed by atoms with E-state index in [0.29, 0.717) is 15.7 Å². The first-order chi connectivity index (χ1) is 10.5. The van der Waals surface area contributed by atoms with Gasteiger partial charge >= 0.3 is 5.97 Å². The van der Waals surface area contributed by atoms with Crippen molar-refractivity contribution in [3.8, 4) is 0 Å². The number of rotatable bonds is 4. The van der Waals surface area contributed by atoms with E-state index in [1.54, 1.807) is 24.3 Å². The van der Waals surface area contributed by atoms with Crippen LogP contribution in [0, 0.1) is 0 Å². The average molecular weight is 359 g/mol. The number of ether oxygens (including phenoxy) is 1. The Morgan fingerprint density at radius 1 is 0.955 bits per heavy atom. The van der Waals surface area contributed by atoms with Crippen LogP contribution in [0.1, 0.15) is 10.4 Å². The number of nitrogens with one attached hydrogen (secondary N) is 1.